The molecule has 20 heavy (non-hydrogen) atoms. The lowest BCUT2D eigenvalue weighted by Gasteiger charge is -2.11. The maximum absolute atomic E-state index is 12.2. The standard InChI is InChI=1S/C11H11N3O3S3/c1-6(2)17-9(16)7(10-18-3-4-19-10)8(15)13-11-14-12-5-20-11/h3-6H,1-2H3,(H,13,14,15). The second kappa shape index (κ2) is 6.91. The summed E-state index contributed by atoms with van der Waals surface area (Å²) in [6.07, 6.45) is -0.295. The van der Waals surface area contributed by atoms with Gasteiger partial charge in [-0.15, -0.1) is 10.2 Å². The Morgan fingerprint density at radius 2 is 2.00 bits per heavy atom. The first kappa shape index (κ1) is 15.1. The Hall–Kier alpha value is -1.32. The zero-order valence-electron chi connectivity index (χ0n) is 10.7. The molecule has 1 aliphatic rings. The molecule has 0 atom stereocenters. The largest absolute Gasteiger partial charge is 0.459 e. The number of anilines is 1. The van der Waals surface area contributed by atoms with Crippen LogP contribution in [0.3, 0.4) is 0 Å². The highest BCUT2D eigenvalue weighted by molar-refractivity contribution is 8.27. The average molecular weight is 329 g/mol. The SMILES string of the molecule is CC(C)OC(=O)C(C(=O)Nc1nncs1)=C1SC=CS1. The molecule has 6 nitrogen and oxygen atoms in total. The molecule has 0 radical (unpaired) electrons. The van der Waals surface area contributed by atoms with Gasteiger partial charge in [-0.05, 0) is 24.7 Å². The summed E-state index contributed by atoms with van der Waals surface area (Å²) in [6.45, 7) is 3.46. The van der Waals surface area contributed by atoms with Crippen LogP contribution in [0, 0.1) is 0 Å². The predicted octanol–water partition coefficient (Wildman–Crippen LogP) is 2.59. The smallest absolute Gasteiger partial charge is 0.345 e. The molecule has 0 saturated carbocycles. The molecule has 1 aromatic rings. The van der Waals surface area contributed by atoms with Gasteiger partial charge in [-0.3, -0.25) is 10.1 Å². The number of nitrogens with one attached hydrogen (secondary N) is 1. The molecule has 1 aliphatic heterocycles. The van der Waals surface area contributed by atoms with Gasteiger partial charge in [-0.25, -0.2) is 4.79 Å². The van der Waals surface area contributed by atoms with E-state index >= 15 is 0 Å². The van der Waals surface area contributed by atoms with Gasteiger partial charge in [-0.2, -0.15) is 0 Å². The fourth-order valence-electron chi connectivity index (χ4n) is 1.25. The molecule has 0 fully saturated rings. The molecular formula is C11H11N3O3S3. The van der Waals surface area contributed by atoms with Crippen molar-refractivity contribution in [2.45, 2.75) is 20.0 Å². The van der Waals surface area contributed by atoms with Crippen molar-refractivity contribution >= 4 is 51.9 Å². The summed E-state index contributed by atoms with van der Waals surface area (Å²) in [7, 11) is 0. The Morgan fingerprint density at radius 1 is 1.30 bits per heavy atom. The minimum atomic E-state index is -0.638. The molecule has 0 aromatic carbocycles. The molecule has 0 unspecified atom stereocenters. The van der Waals surface area contributed by atoms with Crippen molar-refractivity contribution in [1.29, 1.82) is 0 Å². The molecule has 1 amide bonds. The van der Waals surface area contributed by atoms with Crippen LogP contribution in [-0.4, -0.2) is 28.2 Å². The number of carbonyl (C=O) groups excluding carboxylic acids is 2. The first-order chi connectivity index (χ1) is 9.58. The number of rotatable bonds is 4. The van der Waals surface area contributed by atoms with Gasteiger partial charge in [0.1, 0.15) is 11.1 Å². The number of thioether (sulfide) groups is 2. The zero-order valence-corrected chi connectivity index (χ0v) is 13.1. The normalized spacial score (nSPS) is 13.7. The summed E-state index contributed by atoms with van der Waals surface area (Å²) >= 11 is 3.81. The molecule has 1 aromatic heterocycles. The Morgan fingerprint density at radius 3 is 2.55 bits per heavy atom. The van der Waals surface area contributed by atoms with E-state index in [1.807, 2.05) is 0 Å². The van der Waals surface area contributed by atoms with Gasteiger partial charge >= 0.3 is 5.97 Å². The van der Waals surface area contributed by atoms with Crippen LogP contribution in [0.5, 0.6) is 0 Å². The summed E-state index contributed by atoms with van der Waals surface area (Å²) in [4.78, 5) is 24.3. The van der Waals surface area contributed by atoms with Crippen molar-refractivity contribution in [1.82, 2.24) is 10.2 Å². The van der Waals surface area contributed by atoms with E-state index < -0.39 is 11.9 Å². The number of hydrogen-bond donors (Lipinski definition) is 1. The number of amides is 1. The van der Waals surface area contributed by atoms with Crippen LogP contribution in [0.4, 0.5) is 5.13 Å². The van der Waals surface area contributed by atoms with Crippen LogP contribution in [0.15, 0.2) is 26.1 Å². The van der Waals surface area contributed by atoms with Gasteiger partial charge < -0.3 is 4.74 Å². The molecule has 0 aliphatic carbocycles. The fourth-order valence-corrected chi connectivity index (χ4v) is 3.53. The number of hydrogen-bond acceptors (Lipinski definition) is 8. The Labute approximate surface area is 128 Å². The van der Waals surface area contributed by atoms with Crippen molar-refractivity contribution in [2.24, 2.45) is 0 Å². The van der Waals surface area contributed by atoms with Gasteiger partial charge in [0.15, 0.2) is 0 Å². The van der Waals surface area contributed by atoms with E-state index in [-0.39, 0.29) is 11.7 Å². The molecule has 1 N–H and O–H groups in total. The van der Waals surface area contributed by atoms with Crippen molar-refractivity contribution in [3.8, 4) is 0 Å². The van der Waals surface area contributed by atoms with E-state index in [0.29, 0.717) is 9.37 Å². The molecule has 9 heteroatoms. The topological polar surface area (TPSA) is 81.2 Å². The first-order valence-electron chi connectivity index (χ1n) is 5.59. The second-order valence-electron chi connectivity index (χ2n) is 3.82. The van der Waals surface area contributed by atoms with E-state index in [2.05, 4.69) is 15.5 Å². The lowest BCUT2D eigenvalue weighted by Crippen LogP contribution is -2.25. The Balaban J connectivity index is 2.20. The summed E-state index contributed by atoms with van der Waals surface area (Å²) in [5.41, 5.74) is 1.49. The number of carbonyl (C=O) groups is 2. The van der Waals surface area contributed by atoms with Gasteiger partial charge in [0.05, 0.1) is 10.3 Å². The molecule has 0 spiro atoms. The van der Waals surface area contributed by atoms with Crippen molar-refractivity contribution in [3.05, 3.63) is 26.1 Å². The van der Waals surface area contributed by atoms with Gasteiger partial charge in [-0.1, -0.05) is 34.9 Å². The molecule has 2 rings (SSSR count). The third-order valence-corrected chi connectivity index (χ3v) is 4.70. The molecule has 0 bridgehead atoms. The third-order valence-electron chi connectivity index (χ3n) is 1.96. The van der Waals surface area contributed by atoms with Gasteiger partial charge in [0.25, 0.3) is 5.91 Å². The average Bonchev–Trinajstić information content (AvgIpc) is 3.01. The maximum Gasteiger partial charge on any atom is 0.345 e. The van der Waals surface area contributed by atoms with Crippen LogP contribution >= 0.6 is 34.9 Å². The van der Waals surface area contributed by atoms with Gasteiger partial charge in [0, 0.05) is 0 Å². The van der Waals surface area contributed by atoms with E-state index in [1.54, 1.807) is 24.7 Å². The van der Waals surface area contributed by atoms with E-state index in [1.165, 1.54) is 40.4 Å². The van der Waals surface area contributed by atoms with Crippen LogP contribution in [0.25, 0.3) is 0 Å². The van der Waals surface area contributed by atoms with Gasteiger partial charge in [0.2, 0.25) is 5.13 Å². The number of ether oxygens (including phenoxy) is 1. The van der Waals surface area contributed by atoms with Crippen LogP contribution in [-0.2, 0) is 14.3 Å². The number of nitrogens with zero attached hydrogens (tertiary/aromatic N) is 2. The third kappa shape index (κ3) is 3.84. The zero-order chi connectivity index (χ0) is 14.5. The van der Waals surface area contributed by atoms with Crippen LogP contribution in [0.1, 0.15) is 13.8 Å². The van der Waals surface area contributed by atoms with E-state index in [9.17, 15) is 9.59 Å². The van der Waals surface area contributed by atoms with Crippen molar-refractivity contribution in [2.75, 3.05) is 5.32 Å². The molecule has 2 heterocycles. The van der Waals surface area contributed by atoms with Crippen LogP contribution < -0.4 is 5.32 Å². The minimum absolute atomic E-state index is 0.00565. The van der Waals surface area contributed by atoms with Crippen molar-refractivity contribution in [3.63, 3.8) is 0 Å². The van der Waals surface area contributed by atoms with E-state index in [0.717, 1.165) is 0 Å². The highest BCUT2D eigenvalue weighted by Gasteiger charge is 2.27. The lowest BCUT2D eigenvalue weighted by atomic mass is 10.3. The summed E-state index contributed by atoms with van der Waals surface area (Å²) < 4.78 is 5.72. The highest BCUT2D eigenvalue weighted by atomic mass is 32.2. The number of aromatic nitrogens is 2. The number of esters is 1. The van der Waals surface area contributed by atoms with E-state index in [4.69, 9.17) is 4.74 Å². The van der Waals surface area contributed by atoms with Crippen molar-refractivity contribution < 1.29 is 14.3 Å². The molecular weight excluding hydrogens is 318 g/mol. The quantitative estimate of drug-likeness (QED) is 0.393. The fraction of sp³-hybridized carbons (Fsp3) is 0.273. The highest BCUT2D eigenvalue weighted by Crippen LogP contribution is 2.40. The second-order valence-corrected chi connectivity index (χ2v) is 6.75. The first-order valence-corrected chi connectivity index (χ1v) is 8.23. The molecule has 0 saturated heterocycles. The minimum Gasteiger partial charge on any atom is -0.459 e. The Bertz CT molecular complexity index is 557. The summed E-state index contributed by atoms with van der Waals surface area (Å²) in [5.74, 6) is -1.17. The monoisotopic (exact) mass is 329 g/mol. The Kier molecular flexibility index (Phi) is 5.21. The molecule has 106 valence electrons. The van der Waals surface area contributed by atoms with Crippen LogP contribution in [0.2, 0.25) is 0 Å². The predicted molar refractivity (Wildman–Crippen MR) is 81.1 cm³/mol. The summed E-state index contributed by atoms with van der Waals surface area (Å²) in [5, 5.41) is 13.8. The maximum atomic E-state index is 12.2. The summed E-state index contributed by atoms with van der Waals surface area (Å²) in [6, 6.07) is 0. The lowest BCUT2D eigenvalue weighted by molar-refractivity contribution is -0.143.